The van der Waals surface area contributed by atoms with Crippen molar-refractivity contribution >= 4 is 17.2 Å². The Morgan fingerprint density at radius 2 is 1.76 bits per heavy atom. The summed E-state index contributed by atoms with van der Waals surface area (Å²) in [6.07, 6.45) is 5.23. The maximum absolute atomic E-state index is 5.79. The molecule has 1 aliphatic rings. The van der Waals surface area contributed by atoms with E-state index in [1.807, 2.05) is 0 Å². The highest BCUT2D eigenvalue weighted by Crippen LogP contribution is 2.26. The summed E-state index contributed by atoms with van der Waals surface area (Å²) < 4.78 is 0. The Morgan fingerprint density at radius 1 is 1.19 bits per heavy atom. The van der Waals surface area contributed by atoms with E-state index in [1.165, 1.54) is 36.8 Å². The van der Waals surface area contributed by atoms with Gasteiger partial charge in [-0.1, -0.05) is 70.1 Å². The minimum absolute atomic E-state index is 0.211. The van der Waals surface area contributed by atoms with E-state index in [-0.39, 0.29) is 5.41 Å². The maximum Gasteiger partial charge on any atom is 0.0870 e. The van der Waals surface area contributed by atoms with Crippen LogP contribution in [0.25, 0.3) is 0 Å². The fraction of sp³-hybridized carbons (Fsp3) is 0.611. The number of rotatable bonds is 5. The molecule has 116 valence electrons. The second-order valence-corrected chi connectivity index (χ2v) is 7.78. The fourth-order valence-electron chi connectivity index (χ4n) is 3.13. The largest absolute Gasteiger partial charge is 0.392 e. The Balaban J connectivity index is 2.07. The molecule has 1 aromatic carbocycles. The third-order valence-corrected chi connectivity index (χ3v) is 4.53. The molecule has 1 aromatic rings. The van der Waals surface area contributed by atoms with Gasteiger partial charge in [0.25, 0.3) is 0 Å². The van der Waals surface area contributed by atoms with E-state index in [1.54, 1.807) is 0 Å². The minimum Gasteiger partial charge on any atom is -0.392 e. The van der Waals surface area contributed by atoms with Crippen LogP contribution in [0.5, 0.6) is 0 Å². The molecule has 0 heterocycles. The Morgan fingerprint density at radius 3 is 2.24 bits per heavy atom. The summed E-state index contributed by atoms with van der Waals surface area (Å²) >= 11 is 5.13. The van der Waals surface area contributed by atoms with Crippen molar-refractivity contribution in [3.8, 4) is 0 Å². The fourth-order valence-corrected chi connectivity index (χ4v) is 3.29. The normalized spacial score (nSPS) is 16.6. The highest BCUT2D eigenvalue weighted by Gasteiger charge is 2.23. The predicted molar refractivity (Wildman–Crippen MR) is 94.6 cm³/mol. The number of thiocarbonyl (C=S) groups is 1. The summed E-state index contributed by atoms with van der Waals surface area (Å²) in [5, 5.41) is 0. The van der Waals surface area contributed by atoms with E-state index in [0.717, 1.165) is 13.1 Å². The van der Waals surface area contributed by atoms with Gasteiger partial charge < -0.3 is 5.73 Å². The van der Waals surface area contributed by atoms with E-state index >= 15 is 0 Å². The van der Waals surface area contributed by atoms with Crippen LogP contribution in [0.4, 0.5) is 0 Å². The molecule has 21 heavy (non-hydrogen) atoms. The van der Waals surface area contributed by atoms with Crippen molar-refractivity contribution in [3.63, 3.8) is 0 Å². The summed E-state index contributed by atoms with van der Waals surface area (Å²) in [6, 6.07) is 9.66. The molecule has 2 rings (SSSR count). The molecule has 0 unspecified atom stereocenters. The van der Waals surface area contributed by atoms with Crippen LogP contribution >= 0.6 is 12.2 Å². The van der Waals surface area contributed by atoms with Gasteiger partial charge in [0, 0.05) is 19.1 Å². The Bertz CT molecular complexity index is 467. The summed E-state index contributed by atoms with van der Waals surface area (Å²) in [6.45, 7) is 8.44. The average Bonchev–Trinajstić information content (AvgIpc) is 2.90. The van der Waals surface area contributed by atoms with Crippen molar-refractivity contribution in [2.45, 2.75) is 64.5 Å². The standard InChI is InChI=1S/C18H28N2S/c1-18(2,3)15-10-8-14(9-11-15)12-20(13-17(19)21)16-6-4-5-7-16/h8-11,16H,4-7,12-13H2,1-3H3,(H2,19,21). The lowest BCUT2D eigenvalue weighted by molar-refractivity contribution is 0.219. The first-order valence-corrected chi connectivity index (χ1v) is 8.39. The van der Waals surface area contributed by atoms with Crippen molar-refractivity contribution in [2.75, 3.05) is 6.54 Å². The zero-order chi connectivity index (χ0) is 15.5. The Kier molecular flexibility index (Phi) is 5.39. The molecule has 0 radical (unpaired) electrons. The first-order valence-electron chi connectivity index (χ1n) is 7.98. The molecule has 1 fully saturated rings. The molecule has 0 aromatic heterocycles. The topological polar surface area (TPSA) is 29.3 Å². The number of benzene rings is 1. The second kappa shape index (κ2) is 6.89. The number of hydrogen-bond acceptors (Lipinski definition) is 2. The predicted octanol–water partition coefficient (Wildman–Crippen LogP) is 4.01. The summed E-state index contributed by atoms with van der Waals surface area (Å²) in [7, 11) is 0. The first kappa shape index (κ1) is 16.4. The molecular weight excluding hydrogens is 276 g/mol. The molecule has 0 atom stereocenters. The van der Waals surface area contributed by atoms with Gasteiger partial charge in [-0.3, -0.25) is 4.90 Å². The molecule has 2 nitrogen and oxygen atoms in total. The van der Waals surface area contributed by atoms with E-state index in [2.05, 4.69) is 49.9 Å². The zero-order valence-corrected chi connectivity index (χ0v) is 14.4. The highest BCUT2D eigenvalue weighted by atomic mass is 32.1. The van der Waals surface area contributed by atoms with Crippen LogP contribution in [0.2, 0.25) is 0 Å². The maximum atomic E-state index is 5.79. The van der Waals surface area contributed by atoms with Crippen molar-refractivity contribution in [3.05, 3.63) is 35.4 Å². The van der Waals surface area contributed by atoms with Crippen molar-refractivity contribution in [1.82, 2.24) is 4.90 Å². The number of nitrogens with zero attached hydrogens (tertiary/aromatic N) is 1. The molecule has 1 saturated carbocycles. The average molecular weight is 305 g/mol. The quantitative estimate of drug-likeness (QED) is 0.833. The minimum atomic E-state index is 0.211. The van der Waals surface area contributed by atoms with Gasteiger partial charge >= 0.3 is 0 Å². The summed E-state index contributed by atoms with van der Waals surface area (Å²) in [4.78, 5) is 3.06. The van der Waals surface area contributed by atoms with Gasteiger partial charge in [-0.2, -0.15) is 0 Å². The van der Waals surface area contributed by atoms with Crippen molar-refractivity contribution < 1.29 is 0 Å². The Hall–Kier alpha value is -0.930. The van der Waals surface area contributed by atoms with Crippen LogP contribution < -0.4 is 5.73 Å². The van der Waals surface area contributed by atoms with E-state index in [9.17, 15) is 0 Å². The monoisotopic (exact) mass is 304 g/mol. The second-order valence-electron chi connectivity index (χ2n) is 7.26. The van der Waals surface area contributed by atoms with Crippen molar-refractivity contribution in [1.29, 1.82) is 0 Å². The number of nitrogens with two attached hydrogens (primary N) is 1. The molecule has 0 saturated heterocycles. The smallest absolute Gasteiger partial charge is 0.0870 e. The van der Waals surface area contributed by atoms with E-state index in [4.69, 9.17) is 18.0 Å². The zero-order valence-electron chi connectivity index (χ0n) is 13.6. The molecule has 0 bridgehead atoms. The van der Waals surface area contributed by atoms with Gasteiger partial charge in [-0.15, -0.1) is 0 Å². The molecule has 0 aliphatic heterocycles. The SMILES string of the molecule is CC(C)(C)c1ccc(CN(CC(N)=S)C2CCCC2)cc1. The molecule has 1 aliphatic carbocycles. The van der Waals surface area contributed by atoms with Gasteiger partial charge in [0.05, 0.1) is 4.99 Å². The lowest BCUT2D eigenvalue weighted by Crippen LogP contribution is -2.38. The van der Waals surface area contributed by atoms with E-state index in [0.29, 0.717) is 11.0 Å². The lowest BCUT2D eigenvalue weighted by Gasteiger charge is -2.28. The van der Waals surface area contributed by atoms with Crippen LogP contribution in [0, 0.1) is 0 Å². The van der Waals surface area contributed by atoms with Crippen molar-refractivity contribution in [2.24, 2.45) is 5.73 Å². The third kappa shape index (κ3) is 4.79. The van der Waals surface area contributed by atoms with Crippen LogP contribution in [0.15, 0.2) is 24.3 Å². The Labute approximate surface area is 134 Å². The molecule has 3 heteroatoms. The molecular formula is C18H28N2S. The third-order valence-electron chi connectivity index (χ3n) is 4.41. The first-order chi connectivity index (χ1) is 9.86. The summed E-state index contributed by atoms with van der Waals surface area (Å²) in [5.74, 6) is 0. The molecule has 2 N–H and O–H groups in total. The number of hydrogen-bond donors (Lipinski definition) is 1. The van der Waals surface area contributed by atoms with Crippen LogP contribution in [0.1, 0.15) is 57.6 Å². The van der Waals surface area contributed by atoms with Gasteiger partial charge in [0.1, 0.15) is 0 Å². The van der Waals surface area contributed by atoms with Gasteiger partial charge in [0.15, 0.2) is 0 Å². The highest BCUT2D eigenvalue weighted by molar-refractivity contribution is 7.80. The van der Waals surface area contributed by atoms with Crippen LogP contribution in [-0.2, 0) is 12.0 Å². The van der Waals surface area contributed by atoms with Gasteiger partial charge in [0.2, 0.25) is 0 Å². The van der Waals surface area contributed by atoms with Crippen LogP contribution in [0.3, 0.4) is 0 Å². The lowest BCUT2D eigenvalue weighted by atomic mass is 9.86. The molecule has 0 amide bonds. The van der Waals surface area contributed by atoms with Crippen LogP contribution in [-0.4, -0.2) is 22.5 Å². The van der Waals surface area contributed by atoms with E-state index < -0.39 is 0 Å². The van der Waals surface area contributed by atoms with Gasteiger partial charge in [-0.05, 0) is 29.4 Å². The molecule has 0 spiro atoms. The summed E-state index contributed by atoms with van der Waals surface area (Å²) in [5.41, 5.74) is 8.73. The van der Waals surface area contributed by atoms with Gasteiger partial charge in [-0.25, -0.2) is 0 Å².